The zero-order chi connectivity index (χ0) is 43.7. The third-order valence-corrected chi connectivity index (χ3v) is 11.5. The summed E-state index contributed by atoms with van der Waals surface area (Å²) in [5, 5.41) is 0. The quantitative estimate of drug-likeness (QED) is 0.0891. The van der Waals surface area contributed by atoms with Crippen LogP contribution in [-0.4, -0.2) is 54.7 Å². The Kier molecular flexibility index (Phi) is 26.4. The topological polar surface area (TPSA) is 9.49 Å². The molecule has 5 rings (SSSR count). The molecule has 2 aromatic rings. The summed E-state index contributed by atoms with van der Waals surface area (Å²) in [5.74, 6) is 2.62. The number of rotatable bonds is 17. The van der Waals surface area contributed by atoms with Gasteiger partial charge in [0.05, 0.1) is 5.41 Å². The maximum atomic E-state index is 2.94. The minimum absolute atomic E-state index is 0.00191. The van der Waals surface area contributed by atoms with Crippen molar-refractivity contribution in [2.75, 3.05) is 44.5 Å². The Morgan fingerprint density at radius 1 is 0.707 bits per heavy atom. The fraction of sp³-hybridized carbons (Fsp3) is 0.611. The molecule has 58 heavy (non-hydrogen) atoms. The summed E-state index contributed by atoms with van der Waals surface area (Å²) in [6.45, 7) is 29.7. The summed E-state index contributed by atoms with van der Waals surface area (Å²) in [7, 11) is 4.35. The number of alkyl halides is 1. The number of hydrogen-bond donors (Lipinski definition) is 0. The van der Waals surface area contributed by atoms with Gasteiger partial charge in [0.2, 0.25) is 5.69 Å². The molecule has 326 valence electrons. The maximum Gasteiger partial charge on any atom is 0.209 e. The molecule has 0 unspecified atom stereocenters. The lowest BCUT2D eigenvalue weighted by molar-refractivity contribution is -0.438. The van der Waals surface area contributed by atoms with E-state index in [1.165, 1.54) is 116 Å². The largest absolute Gasteiger partial charge is 0.344 e. The monoisotopic (exact) mass is 859 g/mol. The van der Waals surface area contributed by atoms with Gasteiger partial charge in [-0.25, -0.2) is 0 Å². The van der Waals surface area contributed by atoms with E-state index in [9.17, 15) is 0 Å². The van der Waals surface area contributed by atoms with Gasteiger partial charge in [-0.05, 0) is 114 Å². The lowest BCUT2D eigenvalue weighted by atomic mass is 9.81. The molecule has 0 aromatic heterocycles. The van der Waals surface area contributed by atoms with Crippen LogP contribution in [0.25, 0.3) is 0 Å². The molecule has 0 fully saturated rings. The lowest BCUT2D eigenvalue weighted by Crippen LogP contribution is -2.28. The van der Waals surface area contributed by atoms with Gasteiger partial charge in [0.25, 0.3) is 0 Å². The predicted molar refractivity (Wildman–Crippen MR) is 267 cm³/mol. The highest BCUT2D eigenvalue weighted by Crippen LogP contribution is 2.48. The number of halogens is 1. The van der Waals surface area contributed by atoms with Crippen molar-refractivity contribution in [1.29, 1.82) is 0 Å². The molecule has 2 aromatic carbocycles. The van der Waals surface area contributed by atoms with E-state index in [1.54, 1.807) is 0 Å². The van der Waals surface area contributed by atoms with E-state index in [0.29, 0.717) is 0 Å². The van der Waals surface area contributed by atoms with Crippen LogP contribution in [0.3, 0.4) is 0 Å². The van der Waals surface area contributed by atoms with Crippen molar-refractivity contribution < 1.29 is 4.58 Å². The number of fused-ring (bicyclic) bond motifs is 2. The predicted octanol–water partition coefficient (Wildman–Crippen LogP) is 16.2. The van der Waals surface area contributed by atoms with Gasteiger partial charge in [0.1, 0.15) is 6.54 Å². The molecule has 2 heterocycles. The second-order valence-electron chi connectivity index (χ2n) is 17.0. The van der Waals surface area contributed by atoms with E-state index in [2.05, 4.69) is 165 Å². The molecular formula is C54H89BrN3+. The maximum absolute atomic E-state index is 2.94. The zero-order valence-corrected chi connectivity index (χ0v) is 42.0. The van der Waals surface area contributed by atoms with Gasteiger partial charge in [-0.3, -0.25) is 0 Å². The summed E-state index contributed by atoms with van der Waals surface area (Å²) >= 11 is 2.94. The molecule has 0 atom stereocenters. The molecule has 3 aliphatic rings. The van der Waals surface area contributed by atoms with Gasteiger partial charge in [-0.15, -0.1) is 0 Å². The molecule has 0 N–H and O–H groups in total. The molecule has 0 amide bonds. The number of hydrogen-bond acceptors (Lipinski definition) is 2. The van der Waals surface area contributed by atoms with Crippen molar-refractivity contribution in [3.63, 3.8) is 0 Å². The molecular weight excluding hydrogens is 771 g/mol. The minimum atomic E-state index is -0.00270. The summed E-state index contributed by atoms with van der Waals surface area (Å²) in [4.78, 5) is 4.93. The third kappa shape index (κ3) is 15.4. The highest BCUT2D eigenvalue weighted by atomic mass is 79.9. The summed E-state index contributed by atoms with van der Waals surface area (Å²) in [6, 6.07) is 18.2. The Balaban J connectivity index is 0.00000198. The number of anilines is 1. The smallest absolute Gasteiger partial charge is 0.209 e. The summed E-state index contributed by atoms with van der Waals surface area (Å²) in [6.07, 6.45) is 27.5. The first-order chi connectivity index (χ1) is 28.0. The number of allylic oxidation sites excluding steroid dienone is 8. The molecule has 0 bridgehead atoms. The van der Waals surface area contributed by atoms with Gasteiger partial charge in [-0.1, -0.05) is 172 Å². The van der Waals surface area contributed by atoms with Crippen molar-refractivity contribution in [3.8, 4) is 0 Å². The van der Waals surface area contributed by atoms with Gasteiger partial charge < -0.3 is 9.80 Å². The van der Waals surface area contributed by atoms with E-state index in [4.69, 9.17) is 0 Å². The van der Waals surface area contributed by atoms with E-state index in [-0.39, 0.29) is 10.8 Å². The van der Waals surface area contributed by atoms with E-state index < -0.39 is 0 Å². The normalized spacial score (nSPS) is 17.5. The average molecular weight is 860 g/mol. The van der Waals surface area contributed by atoms with Gasteiger partial charge in [0, 0.05) is 47.5 Å². The standard InChI is InChI=1S/C47H68N3.3C2H6.CH3Br/c1-37(2)22-13-9-10-19-34-49-42-27-16-14-25-40(42)46(3,4)44(49)31-29-38-23-21-24-39(36-38)30-32-45-47(5,6)41-26-15-17-28-43(41)50(45)35-20-12-11-18-33-48(7)8;4*1-2/h14-17,25-32,36-37H,9-13,18-24,33-35H2,1-8H3;3*1-2H3;1H3/q+1;;;;. The van der Waals surface area contributed by atoms with Crippen molar-refractivity contribution >= 4 is 33.0 Å². The summed E-state index contributed by atoms with van der Waals surface area (Å²) < 4.78 is 2.63. The second kappa shape index (κ2) is 28.7. The molecule has 0 saturated carbocycles. The van der Waals surface area contributed by atoms with Crippen molar-refractivity contribution in [2.24, 2.45) is 5.92 Å². The van der Waals surface area contributed by atoms with Crippen LogP contribution >= 0.6 is 15.9 Å². The zero-order valence-electron chi connectivity index (χ0n) is 40.4. The van der Waals surface area contributed by atoms with Gasteiger partial charge in [-0.2, -0.15) is 4.58 Å². The summed E-state index contributed by atoms with van der Waals surface area (Å²) in [5.41, 5.74) is 11.5. The Labute approximate surface area is 369 Å². The van der Waals surface area contributed by atoms with E-state index in [0.717, 1.165) is 31.8 Å². The van der Waals surface area contributed by atoms with Crippen molar-refractivity contribution in [1.82, 2.24) is 4.90 Å². The Morgan fingerprint density at radius 2 is 1.31 bits per heavy atom. The fourth-order valence-electron chi connectivity index (χ4n) is 8.51. The second-order valence-corrected chi connectivity index (χ2v) is 17.0. The van der Waals surface area contributed by atoms with Crippen LogP contribution < -0.4 is 4.90 Å². The van der Waals surface area contributed by atoms with Crippen LogP contribution in [0.4, 0.5) is 11.4 Å². The van der Waals surface area contributed by atoms with Crippen molar-refractivity contribution in [2.45, 2.75) is 171 Å². The van der Waals surface area contributed by atoms with Crippen LogP contribution in [0, 0.1) is 5.92 Å². The van der Waals surface area contributed by atoms with E-state index >= 15 is 0 Å². The molecule has 2 aliphatic heterocycles. The molecule has 0 spiro atoms. The molecule has 4 heteroatoms. The van der Waals surface area contributed by atoms with Crippen LogP contribution in [0.15, 0.2) is 95.8 Å². The van der Waals surface area contributed by atoms with Gasteiger partial charge in [0.15, 0.2) is 5.71 Å². The van der Waals surface area contributed by atoms with E-state index in [1.807, 2.05) is 47.4 Å². The van der Waals surface area contributed by atoms with Crippen LogP contribution in [0.2, 0.25) is 0 Å². The van der Waals surface area contributed by atoms with Crippen molar-refractivity contribution in [3.05, 3.63) is 107 Å². The average Bonchev–Trinajstić information content (AvgIpc) is 3.59. The fourth-order valence-corrected chi connectivity index (χ4v) is 8.51. The highest BCUT2D eigenvalue weighted by molar-refractivity contribution is 9.08. The van der Waals surface area contributed by atoms with Crippen LogP contribution in [0.1, 0.15) is 171 Å². The first-order valence-corrected chi connectivity index (χ1v) is 25.0. The number of unbranched alkanes of at least 4 members (excludes halogenated alkanes) is 6. The number of para-hydroxylation sites is 2. The van der Waals surface area contributed by atoms with Crippen LogP contribution in [-0.2, 0) is 10.8 Å². The first kappa shape index (κ1) is 53.3. The van der Waals surface area contributed by atoms with Crippen LogP contribution in [0.5, 0.6) is 0 Å². The first-order valence-electron chi connectivity index (χ1n) is 23.4. The third-order valence-electron chi connectivity index (χ3n) is 11.5. The highest BCUT2D eigenvalue weighted by Gasteiger charge is 2.44. The molecule has 0 saturated heterocycles. The van der Waals surface area contributed by atoms with Gasteiger partial charge >= 0.3 is 0 Å². The number of benzene rings is 2. The number of nitrogens with zero attached hydrogens (tertiary/aromatic N) is 3. The molecule has 1 aliphatic carbocycles. The Bertz CT molecular complexity index is 1600. The molecule has 0 radical (unpaired) electrons. The lowest BCUT2D eigenvalue weighted by Gasteiger charge is -2.27. The minimum Gasteiger partial charge on any atom is -0.344 e. The Hall–Kier alpha value is -2.69. The Morgan fingerprint density at radius 3 is 1.98 bits per heavy atom. The molecule has 3 nitrogen and oxygen atoms in total. The SMILES string of the molecule is CBr.CC.CC.CC.CC(C)CCCCCC[N+]1=C(/C=C/C2=CC(=C/C=C3/N(CCCCCCN(C)C)c4ccccc4C3(C)C)/CCC2)C(C)(C)c2ccccc21.